The Bertz CT molecular complexity index is 600. The summed E-state index contributed by atoms with van der Waals surface area (Å²) in [5.74, 6) is -0.573. The number of nitrogens with zero attached hydrogens (tertiary/aromatic N) is 2. The van der Waals surface area contributed by atoms with Crippen LogP contribution >= 0.6 is 0 Å². The van der Waals surface area contributed by atoms with E-state index in [4.69, 9.17) is 0 Å². The Morgan fingerprint density at radius 2 is 2.00 bits per heavy atom. The highest BCUT2D eigenvalue weighted by atomic mass is 19.4. The van der Waals surface area contributed by atoms with Gasteiger partial charge in [0.25, 0.3) is 5.72 Å². The number of ether oxygens (including phenoxy) is 1. The summed E-state index contributed by atoms with van der Waals surface area (Å²) < 4.78 is 56.7. The zero-order chi connectivity index (χ0) is 16.5. The van der Waals surface area contributed by atoms with Gasteiger partial charge in [0, 0.05) is 0 Å². The van der Waals surface area contributed by atoms with Crippen molar-refractivity contribution in [1.29, 1.82) is 0 Å². The predicted octanol–water partition coefficient (Wildman–Crippen LogP) is 2.64. The maximum atomic E-state index is 13.1. The summed E-state index contributed by atoms with van der Waals surface area (Å²) in [7, 11) is 0. The summed E-state index contributed by atoms with van der Waals surface area (Å²) in [5.41, 5.74) is -3.54. The number of halogens is 4. The molecule has 0 aliphatic carbocycles. The van der Waals surface area contributed by atoms with Crippen LogP contribution in [-0.4, -0.2) is 40.4 Å². The molecule has 0 fully saturated rings. The molecule has 1 heterocycles. The van der Waals surface area contributed by atoms with Crippen LogP contribution in [-0.2, 0) is 4.74 Å². The largest absolute Gasteiger partial charge is 0.448 e. The Labute approximate surface area is 122 Å². The molecule has 0 bridgehead atoms. The number of hydrogen-bond donors (Lipinski definition) is 1. The number of carbonyl (C=O) groups is 1. The van der Waals surface area contributed by atoms with Gasteiger partial charge in [0.05, 0.1) is 18.7 Å². The van der Waals surface area contributed by atoms with Gasteiger partial charge in [-0.05, 0) is 24.6 Å². The molecule has 0 saturated carbocycles. The zero-order valence-corrected chi connectivity index (χ0v) is 11.4. The number of rotatable bonds is 2. The topological polar surface area (TPSA) is 62.1 Å². The fourth-order valence-electron chi connectivity index (χ4n) is 1.95. The normalized spacial score (nSPS) is 21.7. The molecule has 1 amide bonds. The third-order valence-corrected chi connectivity index (χ3v) is 3.06. The molecule has 1 aliphatic rings. The van der Waals surface area contributed by atoms with Crippen molar-refractivity contribution in [1.82, 2.24) is 5.01 Å². The molecular formula is C13H12F4N2O3. The highest BCUT2D eigenvalue weighted by molar-refractivity contribution is 6.03. The van der Waals surface area contributed by atoms with Crippen LogP contribution in [0.3, 0.4) is 0 Å². The number of alkyl halides is 3. The molecule has 1 N–H and O–H groups in total. The van der Waals surface area contributed by atoms with Gasteiger partial charge in [-0.2, -0.15) is 23.3 Å². The van der Waals surface area contributed by atoms with E-state index in [0.29, 0.717) is 0 Å². The van der Waals surface area contributed by atoms with Gasteiger partial charge in [0.15, 0.2) is 0 Å². The molecule has 9 heteroatoms. The Morgan fingerprint density at radius 1 is 1.41 bits per heavy atom. The molecule has 5 nitrogen and oxygen atoms in total. The van der Waals surface area contributed by atoms with Crippen LogP contribution in [0.4, 0.5) is 22.4 Å². The van der Waals surface area contributed by atoms with Crippen LogP contribution in [0.5, 0.6) is 0 Å². The van der Waals surface area contributed by atoms with Gasteiger partial charge < -0.3 is 9.84 Å². The number of aliphatic hydroxyl groups is 1. The van der Waals surface area contributed by atoms with Crippen LogP contribution in [0, 0.1) is 5.82 Å². The SMILES string of the molecule is CCOC(=O)N1N=C(c2ccc(F)cc2)C[C@@]1(O)C(F)(F)F. The molecule has 2 rings (SSSR count). The maximum Gasteiger partial charge on any atom is 0.439 e. The Hall–Kier alpha value is -2.16. The van der Waals surface area contributed by atoms with E-state index < -0.39 is 30.2 Å². The summed E-state index contributed by atoms with van der Waals surface area (Å²) in [6.07, 6.45) is -7.52. The lowest BCUT2D eigenvalue weighted by molar-refractivity contribution is -0.299. The molecular weight excluding hydrogens is 308 g/mol. The van der Waals surface area contributed by atoms with Crippen LogP contribution in [0.2, 0.25) is 0 Å². The predicted molar refractivity (Wildman–Crippen MR) is 67.4 cm³/mol. The Balaban J connectivity index is 2.40. The van der Waals surface area contributed by atoms with Crippen molar-refractivity contribution < 1.29 is 32.2 Å². The average Bonchev–Trinajstić information content (AvgIpc) is 2.79. The van der Waals surface area contributed by atoms with E-state index in [1.807, 2.05) is 0 Å². The lowest BCUT2D eigenvalue weighted by Gasteiger charge is -2.31. The van der Waals surface area contributed by atoms with E-state index in [1.54, 1.807) is 0 Å². The monoisotopic (exact) mass is 320 g/mol. The zero-order valence-electron chi connectivity index (χ0n) is 11.4. The first-order valence-corrected chi connectivity index (χ1v) is 6.28. The van der Waals surface area contributed by atoms with E-state index in [1.165, 1.54) is 19.1 Å². The molecule has 0 unspecified atom stereocenters. The fraction of sp³-hybridized carbons (Fsp3) is 0.385. The van der Waals surface area contributed by atoms with Gasteiger partial charge in [0.2, 0.25) is 0 Å². The standard InChI is InChI=1S/C13H12F4N2O3/c1-2-22-11(20)19-12(21,13(15,16)17)7-10(18-19)8-3-5-9(14)6-4-8/h3-6,21H,2,7H2,1H3/t12-/m1/s1. The van der Waals surface area contributed by atoms with Crippen molar-refractivity contribution in [2.45, 2.75) is 25.2 Å². The minimum atomic E-state index is -5.13. The van der Waals surface area contributed by atoms with E-state index in [0.717, 1.165) is 12.1 Å². The van der Waals surface area contributed by atoms with E-state index in [9.17, 15) is 27.5 Å². The van der Waals surface area contributed by atoms with E-state index in [-0.39, 0.29) is 22.9 Å². The maximum absolute atomic E-state index is 13.1. The van der Waals surface area contributed by atoms with Crippen LogP contribution in [0.15, 0.2) is 29.4 Å². The first kappa shape index (κ1) is 16.2. The summed E-state index contributed by atoms with van der Waals surface area (Å²) in [4.78, 5) is 11.6. The van der Waals surface area contributed by atoms with Crippen molar-refractivity contribution in [2.24, 2.45) is 5.10 Å². The summed E-state index contributed by atoms with van der Waals surface area (Å²) in [6.45, 7) is 1.23. The third-order valence-electron chi connectivity index (χ3n) is 3.06. The second-order valence-corrected chi connectivity index (χ2v) is 4.56. The van der Waals surface area contributed by atoms with Crippen LogP contribution in [0.25, 0.3) is 0 Å². The number of amides is 1. The molecule has 0 saturated heterocycles. The molecule has 0 spiro atoms. The van der Waals surface area contributed by atoms with Crippen LogP contribution in [0.1, 0.15) is 18.9 Å². The summed E-state index contributed by atoms with van der Waals surface area (Å²) >= 11 is 0. The van der Waals surface area contributed by atoms with Crippen molar-refractivity contribution >= 4 is 11.8 Å². The minimum Gasteiger partial charge on any atom is -0.448 e. The lowest BCUT2D eigenvalue weighted by atomic mass is 10.0. The molecule has 1 aromatic rings. The van der Waals surface area contributed by atoms with Crippen molar-refractivity contribution in [2.75, 3.05) is 6.61 Å². The first-order chi connectivity index (χ1) is 10.2. The van der Waals surface area contributed by atoms with Crippen molar-refractivity contribution in [3.8, 4) is 0 Å². The smallest absolute Gasteiger partial charge is 0.439 e. The number of carbonyl (C=O) groups excluding carboxylic acids is 1. The fourth-order valence-corrected chi connectivity index (χ4v) is 1.95. The highest BCUT2D eigenvalue weighted by Gasteiger charge is 2.64. The third kappa shape index (κ3) is 2.76. The van der Waals surface area contributed by atoms with Crippen molar-refractivity contribution in [3.05, 3.63) is 35.6 Å². The number of hydrogen-bond acceptors (Lipinski definition) is 4. The van der Waals surface area contributed by atoms with Gasteiger partial charge in [-0.25, -0.2) is 9.18 Å². The van der Waals surface area contributed by atoms with E-state index >= 15 is 0 Å². The Kier molecular flexibility index (Phi) is 4.10. The molecule has 0 aromatic heterocycles. The average molecular weight is 320 g/mol. The summed E-state index contributed by atoms with van der Waals surface area (Å²) in [6, 6.07) is 4.49. The van der Waals surface area contributed by atoms with Gasteiger partial charge in [-0.3, -0.25) is 0 Å². The number of hydrazone groups is 1. The van der Waals surface area contributed by atoms with Gasteiger partial charge >= 0.3 is 12.3 Å². The van der Waals surface area contributed by atoms with Crippen molar-refractivity contribution in [3.63, 3.8) is 0 Å². The first-order valence-electron chi connectivity index (χ1n) is 6.28. The van der Waals surface area contributed by atoms with E-state index in [2.05, 4.69) is 9.84 Å². The minimum absolute atomic E-state index is 0.130. The second kappa shape index (κ2) is 5.56. The molecule has 1 aliphatic heterocycles. The number of benzene rings is 1. The molecule has 0 radical (unpaired) electrons. The highest BCUT2D eigenvalue weighted by Crippen LogP contribution is 2.41. The molecule has 1 atom stereocenters. The summed E-state index contributed by atoms with van der Waals surface area (Å²) in [5, 5.41) is 13.3. The molecule has 22 heavy (non-hydrogen) atoms. The molecule has 1 aromatic carbocycles. The lowest BCUT2D eigenvalue weighted by Crippen LogP contribution is -2.56. The van der Waals surface area contributed by atoms with Gasteiger partial charge in [-0.1, -0.05) is 12.1 Å². The second-order valence-electron chi connectivity index (χ2n) is 4.56. The van der Waals surface area contributed by atoms with Crippen LogP contribution < -0.4 is 0 Å². The Morgan fingerprint density at radius 3 is 2.50 bits per heavy atom. The van der Waals surface area contributed by atoms with Gasteiger partial charge in [0.1, 0.15) is 5.82 Å². The van der Waals surface area contributed by atoms with Gasteiger partial charge in [-0.15, -0.1) is 0 Å². The quantitative estimate of drug-likeness (QED) is 0.852. The molecule has 120 valence electrons.